The first-order chi connectivity index (χ1) is 14.5. The summed E-state index contributed by atoms with van der Waals surface area (Å²) in [4.78, 5) is 25.9. The molecular formula is C21H18N4O4S. The van der Waals surface area contributed by atoms with Crippen LogP contribution in [0.1, 0.15) is 10.4 Å². The lowest BCUT2D eigenvalue weighted by Crippen LogP contribution is -2.28. The zero-order chi connectivity index (χ0) is 21.1. The van der Waals surface area contributed by atoms with Gasteiger partial charge in [-0.1, -0.05) is 41.7 Å². The summed E-state index contributed by atoms with van der Waals surface area (Å²) in [7, 11) is 3.28. The van der Waals surface area contributed by atoms with Crippen molar-refractivity contribution in [2.24, 2.45) is 0 Å². The van der Waals surface area contributed by atoms with E-state index in [9.17, 15) is 9.59 Å². The van der Waals surface area contributed by atoms with Gasteiger partial charge in [0.05, 0.1) is 5.56 Å². The quantitative estimate of drug-likeness (QED) is 0.509. The van der Waals surface area contributed by atoms with Crippen LogP contribution in [0.5, 0.6) is 5.75 Å². The molecule has 152 valence electrons. The van der Waals surface area contributed by atoms with Crippen LogP contribution in [0, 0.1) is 0 Å². The third-order valence-corrected chi connectivity index (χ3v) is 5.12. The molecule has 0 aliphatic heterocycles. The van der Waals surface area contributed by atoms with Gasteiger partial charge in [0.25, 0.3) is 11.8 Å². The van der Waals surface area contributed by atoms with Crippen LogP contribution in [-0.2, 0) is 4.79 Å². The Balaban J connectivity index is 1.49. The molecule has 4 rings (SSSR count). The molecule has 2 aromatic carbocycles. The number of carbonyl (C=O) groups excluding carboxylic acids is 2. The maximum absolute atomic E-state index is 12.7. The van der Waals surface area contributed by atoms with Crippen molar-refractivity contribution in [1.29, 1.82) is 0 Å². The minimum absolute atomic E-state index is 0.160. The number of likely N-dealkylation sites (N-methyl/N-ethyl adjacent to an activating group) is 1. The number of nitrogens with one attached hydrogen (secondary N) is 1. The van der Waals surface area contributed by atoms with Gasteiger partial charge in [0.15, 0.2) is 17.4 Å². The predicted octanol–water partition coefficient (Wildman–Crippen LogP) is 3.67. The number of rotatable bonds is 6. The first kappa shape index (κ1) is 19.6. The summed E-state index contributed by atoms with van der Waals surface area (Å²) < 4.78 is 11.3. The fourth-order valence-electron chi connectivity index (χ4n) is 2.67. The summed E-state index contributed by atoms with van der Waals surface area (Å²) in [6, 6.07) is 16.2. The molecule has 2 heterocycles. The van der Waals surface area contributed by atoms with Gasteiger partial charge in [-0.05, 0) is 24.3 Å². The molecule has 0 aliphatic rings. The third-order valence-electron chi connectivity index (χ3n) is 4.26. The highest BCUT2D eigenvalue weighted by atomic mass is 32.1. The van der Waals surface area contributed by atoms with Crippen molar-refractivity contribution in [3.8, 4) is 16.5 Å². The molecule has 0 atom stereocenters. The highest BCUT2D eigenvalue weighted by molar-refractivity contribution is 7.18. The van der Waals surface area contributed by atoms with Crippen LogP contribution in [0.4, 0.5) is 5.13 Å². The minimum Gasteiger partial charge on any atom is -0.483 e. The second kappa shape index (κ2) is 8.34. The predicted molar refractivity (Wildman–Crippen MR) is 114 cm³/mol. The van der Waals surface area contributed by atoms with Crippen LogP contribution in [-0.4, -0.2) is 47.6 Å². The van der Waals surface area contributed by atoms with Gasteiger partial charge >= 0.3 is 0 Å². The van der Waals surface area contributed by atoms with Crippen molar-refractivity contribution >= 4 is 39.3 Å². The Morgan fingerprint density at radius 3 is 2.67 bits per heavy atom. The first-order valence-electron chi connectivity index (χ1n) is 9.07. The van der Waals surface area contributed by atoms with Crippen molar-refractivity contribution in [2.45, 2.75) is 0 Å². The fourth-order valence-corrected chi connectivity index (χ4v) is 3.37. The fraction of sp³-hybridized carbons (Fsp3) is 0.143. The second-order valence-electron chi connectivity index (χ2n) is 6.59. The van der Waals surface area contributed by atoms with E-state index in [0.29, 0.717) is 27.2 Å². The maximum atomic E-state index is 12.7. The van der Waals surface area contributed by atoms with E-state index in [1.807, 2.05) is 30.3 Å². The van der Waals surface area contributed by atoms with Gasteiger partial charge in [-0.2, -0.15) is 0 Å². The van der Waals surface area contributed by atoms with Crippen LogP contribution < -0.4 is 10.1 Å². The molecule has 4 aromatic rings. The van der Waals surface area contributed by atoms with Gasteiger partial charge in [-0.25, -0.2) is 0 Å². The smallest absolute Gasteiger partial charge is 0.261 e. The summed E-state index contributed by atoms with van der Waals surface area (Å²) in [6.07, 6.45) is 0. The molecule has 0 unspecified atom stereocenters. The lowest BCUT2D eigenvalue weighted by Gasteiger charge is -2.13. The number of hydrogen-bond donors (Lipinski definition) is 1. The van der Waals surface area contributed by atoms with E-state index in [2.05, 4.69) is 15.5 Å². The monoisotopic (exact) mass is 422 g/mol. The Bertz CT molecular complexity index is 1180. The number of aromatic nitrogens is 2. The van der Waals surface area contributed by atoms with Crippen molar-refractivity contribution in [3.63, 3.8) is 0 Å². The van der Waals surface area contributed by atoms with Crippen molar-refractivity contribution < 1.29 is 18.7 Å². The van der Waals surface area contributed by atoms with Gasteiger partial charge in [0.1, 0.15) is 11.3 Å². The van der Waals surface area contributed by atoms with E-state index >= 15 is 0 Å². The Morgan fingerprint density at radius 2 is 1.87 bits per heavy atom. The SMILES string of the molecule is CN(C)C(=O)COc1ccccc1C(=O)Nc1nnc(-c2cc3ccccc3o2)s1. The lowest BCUT2D eigenvalue weighted by atomic mass is 10.2. The normalized spacial score (nSPS) is 10.7. The van der Waals surface area contributed by atoms with Crippen molar-refractivity contribution in [3.05, 3.63) is 60.2 Å². The molecule has 0 fully saturated rings. The average Bonchev–Trinajstić information content (AvgIpc) is 3.38. The number of nitrogens with zero attached hydrogens (tertiary/aromatic N) is 3. The average molecular weight is 422 g/mol. The zero-order valence-electron chi connectivity index (χ0n) is 16.3. The molecule has 0 saturated carbocycles. The Morgan fingerprint density at radius 1 is 1.10 bits per heavy atom. The van der Waals surface area contributed by atoms with Crippen LogP contribution in [0.3, 0.4) is 0 Å². The highest BCUT2D eigenvalue weighted by Crippen LogP contribution is 2.31. The molecule has 0 bridgehead atoms. The van der Waals surface area contributed by atoms with E-state index in [1.54, 1.807) is 38.4 Å². The standard InChI is InChI=1S/C21H18N4O4S/c1-25(2)18(26)12-28-16-10-6-4-8-14(16)19(27)22-21-24-23-20(30-21)17-11-13-7-3-5-9-15(13)29-17/h3-11H,12H2,1-2H3,(H,22,24,27). The number of hydrogen-bond acceptors (Lipinski definition) is 7. The van der Waals surface area contributed by atoms with Crippen molar-refractivity contribution in [1.82, 2.24) is 15.1 Å². The molecule has 1 N–H and O–H groups in total. The number of para-hydroxylation sites is 2. The van der Waals surface area contributed by atoms with Crippen LogP contribution in [0.2, 0.25) is 0 Å². The number of fused-ring (bicyclic) bond motifs is 1. The van der Waals surface area contributed by atoms with Gasteiger partial charge in [-0.15, -0.1) is 10.2 Å². The maximum Gasteiger partial charge on any atom is 0.261 e. The molecular weight excluding hydrogens is 404 g/mol. The molecule has 2 aromatic heterocycles. The highest BCUT2D eigenvalue weighted by Gasteiger charge is 2.17. The molecule has 30 heavy (non-hydrogen) atoms. The molecule has 8 nitrogen and oxygen atoms in total. The van der Waals surface area contributed by atoms with E-state index in [-0.39, 0.29) is 12.5 Å². The molecule has 9 heteroatoms. The van der Waals surface area contributed by atoms with Crippen LogP contribution >= 0.6 is 11.3 Å². The number of anilines is 1. The van der Waals surface area contributed by atoms with Gasteiger partial charge in [0.2, 0.25) is 5.13 Å². The van der Waals surface area contributed by atoms with Gasteiger partial charge in [0, 0.05) is 19.5 Å². The third kappa shape index (κ3) is 4.15. The Labute approximate surface area is 176 Å². The number of ether oxygens (including phenoxy) is 1. The zero-order valence-corrected chi connectivity index (χ0v) is 17.1. The van der Waals surface area contributed by atoms with Gasteiger partial charge in [-0.3, -0.25) is 14.9 Å². The number of benzene rings is 2. The molecule has 0 spiro atoms. The second-order valence-corrected chi connectivity index (χ2v) is 7.57. The largest absolute Gasteiger partial charge is 0.483 e. The van der Waals surface area contributed by atoms with E-state index in [1.165, 1.54) is 16.2 Å². The van der Waals surface area contributed by atoms with E-state index in [4.69, 9.17) is 9.15 Å². The first-order valence-corrected chi connectivity index (χ1v) is 9.88. The van der Waals surface area contributed by atoms with E-state index < -0.39 is 5.91 Å². The summed E-state index contributed by atoms with van der Waals surface area (Å²) in [5.74, 6) is 0.285. The summed E-state index contributed by atoms with van der Waals surface area (Å²) >= 11 is 1.20. The van der Waals surface area contributed by atoms with E-state index in [0.717, 1.165) is 11.0 Å². The summed E-state index contributed by atoms with van der Waals surface area (Å²) in [5.41, 5.74) is 1.05. The molecule has 0 aliphatic carbocycles. The minimum atomic E-state index is -0.407. The summed E-state index contributed by atoms with van der Waals surface area (Å²) in [5, 5.41) is 12.7. The topological polar surface area (TPSA) is 97.6 Å². The molecule has 2 amide bonds. The molecule has 0 saturated heterocycles. The van der Waals surface area contributed by atoms with Crippen LogP contribution in [0.15, 0.2) is 59.0 Å². The van der Waals surface area contributed by atoms with Gasteiger partial charge < -0.3 is 14.1 Å². The van der Waals surface area contributed by atoms with Crippen LogP contribution in [0.25, 0.3) is 21.7 Å². The number of carbonyl (C=O) groups is 2. The number of furan rings is 1. The van der Waals surface area contributed by atoms with Crippen molar-refractivity contribution in [2.75, 3.05) is 26.0 Å². The molecule has 0 radical (unpaired) electrons. The Kier molecular flexibility index (Phi) is 5.44. The summed E-state index contributed by atoms with van der Waals surface area (Å²) in [6.45, 7) is -0.160. The number of amides is 2. The Hall–Kier alpha value is -3.72. The lowest BCUT2D eigenvalue weighted by molar-refractivity contribution is -0.130.